The summed E-state index contributed by atoms with van der Waals surface area (Å²) in [4.78, 5) is 13.1. The first-order valence-corrected chi connectivity index (χ1v) is 5.14. The Kier molecular flexibility index (Phi) is 3.77. The normalized spacial score (nSPS) is 9.81. The highest BCUT2D eigenvalue weighted by Crippen LogP contribution is 2.28. The van der Waals surface area contributed by atoms with Gasteiger partial charge in [0.05, 0.1) is 0 Å². The molecule has 0 spiro atoms. The van der Waals surface area contributed by atoms with Crippen molar-refractivity contribution in [3.8, 4) is 5.75 Å². The molecule has 0 saturated heterocycles. The number of hydrogen-bond donors (Lipinski definition) is 1. The van der Waals surface area contributed by atoms with Crippen LogP contribution in [0.15, 0.2) is 12.1 Å². The predicted molar refractivity (Wildman–Crippen MR) is 65.3 cm³/mol. The molecule has 16 heavy (non-hydrogen) atoms. The number of rotatable bonds is 2. The van der Waals surface area contributed by atoms with Crippen molar-refractivity contribution >= 4 is 11.8 Å². The fourth-order valence-electron chi connectivity index (χ4n) is 1.56. The Balaban J connectivity index is 3.09. The smallest absolute Gasteiger partial charge is 0.410 e. The summed E-state index contributed by atoms with van der Waals surface area (Å²) in [5, 5.41) is 2.43. The molecule has 0 aliphatic carbocycles. The summed E-state index contributed by atoms with van der Waals surface area (Å²) >= 11 is 0. The van der Waals surface area contributed by atoms with Crippen LogP contribution in [0.1, 0.15) is 11.1 Å². The number of carbonyl (C=O) groups excluding carboxylic acids is 1. The Labute approximate surface area is 96.2 Å². The minimum Gasteiger partial charge on any atom is -0.410 e. The van der Waals surface area contributed by atoms with Crippen molar-refractivity contribution in [3.63, 3.8) is 0 Å². The van der Waals surface area contributed by atoms with Crippen molar-refractivity contribution in [1.29, 1.82) is 0 Å². The van der Waals surface area contributed by atoms with Gasteiger partial charge in [-0.2, -0.15) is 0 Å². The van der Waals surface area contributed by atoms with Crippen LogP contribution in [0.5, 0.6) is 5.75 Å². The van der Waals surface area contributed by atoms with Gasteiger partial charge < -0.3 is 15.0 Å². The van der Waals surface area contributed by atoms with E-state index in [1.807, 2.05) is 45.0 Å². The van der Waals surface area contributed by atoms with Gasteiger partial charge in [0, 0.05) is 32.9 Å². The van der Waals surface area contributed by atoms with E-state index in [2.05, 4.69) is 5.32 Å². The number of amides is 1. The van der Waals surface area contributed by atoms with Crippen molar-refractivity contribution in [2.75, 3.05) is 26.0 Å². The van der Waals surface area contributed by atoms with Crippen LogP contribution in [0.3, 0.4) is 0 Å². The molecule has 1 rings (SSSR count). The molecule has 0 aromatic heterocycles. The number of carbonyl (C=O) groups is 1. The van der Waals surface area contributed by atoms with Gasteiger partial charge in [-0.3, -0.25) is 0 Å². The van der Waals surface area contributed by atoms with Crippen molar-refractivity contribution in [2.24, 2.45) is 0 Å². The van der Waals surface area contributed by atoms with E-state index < -0.39 is 6.09 Å². The van der Waals surface area contributed by atoms with E-state index in [9.17, 15) is 4.79 Å². The molecule has 1 aromatic rings. The number of nitrogens with zero attached hydrogens (tertiary/aromatic N) is 1. The Hall–Kier alpha value is -1.71. The fourth-order valence-corrected chi connectivity index (χ4v) is 1.56. The van der Waals surface area contributed by atoms with Crippen LogP contribution in [-0.4, -0.2) is 27.2 Å². The number of benzene rings is 1. The zero-order chi connectivity index (χ0) is 12.3. The first-order valence-electron chi connectivity index (χ1n) is 5.14. The molecule has 0 heterocycles. The van der Waals surface area contributed by atoms with Gasteiger partial charge in [0.2, 0.25) is 0 Å². The van der Waals surface area contributed by atoms with Crippen LogP contribution in [0, 0.1) is 13.8 Å². The third-order valence-corrected chi connectivity index (χ3v) is 2.38. The van der Waals surface area contributed by atoms with E-state index in [-0.39, 0.29) is 0 Å². The van der Waals surface area contributed by atoms with E-state index in [1.165, 1.54) is 0 Å². The monoisotopic (exact) mass is 222 g/mol. The average molecular weight is 222 g/mol. The van der Waals surface area contributed by atoms with Gasteiger partial charge in [-0.05, 0) is 25.0 Å². The first kappa shape index (κ1) is 12.4. The lowest BCUT2D eigenvalue weighted by molar-refractivity contribution is 0.202. The Morgan fingerprint density at radius 1 is 1.25 bits per heavy atom. The van der Waals surface area contributed by atoms with Gasteiger partial charge in [0.25, 0.3) is 0 Å². The van der Waals surface area contributed by atoms with Gasteiger partial charge in [0.15, 0.2) is 0 Å². The maximum absolute atomic E-state index is 11.2. The van der Waals surface area contributed by atoms with Crippen molar-refractivity contribution in [1.82, 2.24) is 5.32 Å². The molecule has 1 amide bonds. The summed E-state index contributed by atoms with van der Waals surface area (Å²) in [5.41, 5.74) is 3.16. The summed E-state index contributed by atoms with van der Waals surface area (Å²) < 4.78 is 5.16. The molecule has 88 valence electrons. The number of aryl methyl sites for hydroxylation is 2. The molecule has 4 heteroatoms. The molecule has 0 radical (unpaired) electrons. The van der Waals surface area contributed by atoms with Gasteiger partial charge in [-0.15, -0.1) is 0 Å². The molecular formula is C12H18N2O2. The molecule has 4 nitrogen and oxygen atoms in total. The van der Waals surface area contributed by atoms with Crippen LogP contribution in [0.25, 0.3) is 0 Å². The minimum absolute atomic E-state index is 0.448. The van der Waals surface area contributed by atoms with E-state index in [4.69, 9.17) is 4.74 Å². The lowest BCUT2D eigenvalue weighted by Crippen LogP contribution is -2.22. The van der Waals surface area contributed by atoms with Crippen LogP contribution in [0.2, 0.25) is 0 Å². The highest BCUT2D eigenvalue weighted by atomic mass is 16.6. The maximum atomic E-state index is 11.2. The van der Waals surface area contributed by atoms with E-state index in [0.29, 0.717) is 5.75 Å². The Bertz CT molecular complexity index is 400. The maximum Gasteiger partial charge on any atom is 0.412 e. The SMILES string of the molecule is CNC(=O)Oc1cc(N(C)C)c(C)cc1C. The van der Waals surface area contributed by atoms with Crippen molar-refractivity contribution in [2.45, 2.75) is 13.8 Å². The fraction of sp³-hybridized carbons (Fsp3) is 0.417. The lowest BCUT2D eigenvalue weighted by Gasteiger charge is -2.18. The number of anilines is 1. The van der Waals surface area contributed by atoms with Gasteiger partial charge in [0.1, 0.15) is 5.75 Å². The number of ether oxygens (including phenoxy) is 1. The predicted octanol–water partition coefficient (Wildman–Crippen LogP) is 2.09. The number of nitrogens with one attached hydrogen (secondary N) is 1. The minimum atomic E-state index is -0.448. The summed E-state index contributed by atoms with van der Waals surface area (Å²) in [6.45, 7) is 3.96. The quantitative estimate of drug-likeness (QED) is 0.833. The van der Waals surface area contributed by atoms with Crippen LogP contribution in [-0.2, 0) is 0 Å². The van der Waals surface area contributed by atoms with Gasteiger partial charge >= 0.3 is 6.09 Å². The molecular weight excluding hydrogens is 204 g/mol. The lowest BCUT2D eigenvalue weighted by atomic mass is 10.1. The molecule has 0 saturated carbocycles. The van der Waals surface area contributed by atoms with Crippen molar-refractivity contribution < 1.29 is 9.53 Å². The molecule has 1 N–H and O–H groups in total. The zero-order valence-corrected chi connectivity index (χ0v) is 10.4. The largest absolute Gasteiger partial charge is 0.412 e. The third kappa shape index (κ3) is 2.66. The highest BCUT2D eigenvalue weighted by molar-refractivity contribution is 5.71. The van der Waals surface area contributed by atoms with E-state index in [0.717, 1.165) is 16.8 Å². The zero-order valence-electron chi connectivity index (χ0n) is 10.4. The van der Waals surface area contributed by atoms with Crippen LogP contribution in [0.4, 0.5) is 10.5 Å². The molecule has 0 aliphatic rings. The standard InChI is InChI=1S/C12H18N2O2/c1-8-6-9(2)11(16-12(15)13-3)7-10(8)14(4)5/h6-7H,1-5H3,(H,13,15). The second-order valence-corrected chi connectivity index (χ2v) is 3.94. The second kappa shape index (κ2) is 4.88. The van der Waals surface area contributed by atoms with Crippen LogP contribution < -0.4 is 15.0 Å². The molecule has 0 aliphatic heterocycles. The Morgan fingerprint density at radius 3 is 2.38 bits per heavy atom. The summed E-state index contributed by atoms with van der Waals surface area (Å²) in [5.74, 6) is 0.591. The molecule has 0 atom stereocenters. The highest BCUT2D eigenvalue weighted by Gasteiger charge is 2.09. The second-order valence-electron chi connectivity index (χ2n) is 3.94. The molecule has 0 fully saturated rings. The van der Waals surface area contributed by atoms with E-state index in [1.54, 1.807) is 7.05 Å². The average Bonchev–Trinajstić information content (AvgIpc) is 2.21. The third-order valence-electron chi connectivity index (χ3n) is 2.38. The summed E-state index contributed by atoms with van der Waals surface area (Å²) in [6, 6.07) is 3.88. The van der Waals surface area contributed by atoms with Gasteiger partial charge in [-0.25, -0.2) is 4.79 Å². The van der Waals surface area contributed by atoms with Gasteiger partial charge in [-0.1, -0.05) is 6.07 Å². The molecule has 0 bridgehead atoms. The molecule has 0 unspecified atom stereocenters. The summed E-state index contributed by atoms with van der Waals surface area (Å²) in [6.07, 6.45) is -0.448. The van der Waals surface area contributed by atoms with Crippen LogP contribution >= 0.6 is 0 Å². The summed E-state index contributed by atoms with van der Waals surface area (Å²) in [7, 11) is 5.46. The Morgan fingerprint density at radius 2 is 1.88 bits per heavy atom. The van der Waals surface area contributed by atoms with E-state index >= 15 is 0 Å². The van der Waals surface area contributed by atoms with Crippen molar-refractivity contribution in [3.05, 3.63) is 23.3 Å². The first-order chi connectivity index (χ1) is 7.45. The molecule has 1 aromatic carbocycles. The number of hydrogen-bond acceptors (Lipinski definition) is 3. The topological polar surface area (TPSA) is 41.6 Å².